The molecule has 5 nitrogen and oxygen atoms in total. The van der Waals surface area contributed by atoms with Gasteiger partial charge < -0.3 is 4.74 Å². The summed E-state index contributed by atoms with van der Waals surface area (Å²) >= 11 is 7.42. The lowest BCUT2D eigenvalue weighted by Gasteiger charge is -2.05. The Hall–Kier alpha value is -1.40. The van der Waals surface area contributed by atoms with Crippen LogP contribution in [-0.4, -0.2) is 27.6 Å². The molecular weight excluding hydrogens is 298 g/mol. The molecule has 0 aromatic carbocycles. The molecule has 7 heteroatoms. The SMILES string of the molecule is CCCc1c(C(=O)OCC)nnn1Cc1ccc(Cl)s1. The van der Waals surface area contributed by atoms with E-state index in [9.17, 15) is 4.79 Å². The molecule has 108 valence electrons. The fraction of sp³-hybridized carbons (Fsp3) is 0.462. The van der Waals surface area contributed by atoms with E-state index in [1.54, 1.807) is 11.6 Å². The number of ether oxygens (including phenoxy) is 1. The minimum Gasteiger partial charge on any atom is -0.461 e. The molecule has 0 N–H and O–H groups in total. The number of aromatic nitrogens is 3. The Labute approximate surface area is 126 Å². The topological polar surface area (TPSA) is 57.0 Å². The standard InChI is InChI=1S/C13H16ClN3O2S/c1-3-5-10-12(13(18)19-4-2)15-16-17(10)8-9-6-7-11(14)20-9/h6-7H,3-5,8H2,1-2H3. The second kappa shape index (κ2) is 6.85. The first-order valence-electron chi connectivity index (χ1n) is 6.49. The van der Waals surface area contributed by atoms with E-state index in [-0.39, 0.29) is 0 Å². The van der Waals surface area contributed by atoms with E-state index < -0.39 is 5.97 Å². The van der Waals surface area contributed by atoms with Gasteiger partial charge in [-0.25, -0.2) is 9.48 Å². The van der Waals surface area contributed by atoms with Gasteiger partial charge in [0.05, 0.1) is 23.2 Å². The minimum absolute atomic E-state index is 0.316. The van der Waals surface area contributed by atoms with Crippen LogP contribution in [0.4, 0.5) is 0 Å². The summed E-state index contributed by atoms with van der Waals surface area (Å²) in [6.07, 6.45) is 1.64. The van der Waals surface area contributed by atoms with Gasteiger partial charge in [-0.15, -0.1) is 16.4 Å². The summed E-state index contributed by atoms with van der Waals surface area (Å²) < 4.78 is 7.50. The van der Waals surface area contributed by atoms with Crippen LogP contribution in [0.15, 0.2) is 12.1 Å². The first-order chi connectivity index (χ1) is 9.65. The van der Waals surface area contributed by atoms with Gasteiger partial charge in [0.25, 0.3) is 0 Å². The predicted octanol–water partition coefficient (Wildman–Crippen LogP) is 3.17. The van der Waals surface area contributed by atoms with Gasteiger partial charge in [-0.05, 0) is 25.5 Å². The lowest BCUT2D eigenvalue weighted by molar-refractivity contribution is 0.0518. The molecule has 0 atom stereocenters. The molecule has 20 heavy (non-hydrogen) atoms. The molecule has 0 aliphatic rings. The molecule has 2 heterocycles. The molecule has 2 rings (SSSR count). The normalized spacial score (nSPS) is 10.8. The van der Waals surface area contributed by atoms with Gasteiger partial charge >= 0.3 is 5.97 Å². The Morgan fingerprint density at radius 2 is 2.25 bits per heavy atom. The lowest BCUT2D eigenvalue weighted by Crippen LogP contribution is -2.11. The molecule has 0 saturated heterocycles. The van der Waals surface area contributed by atoms with E-state index in [1.807, 2.05) is 19.1 Å². The van der Waals surface area contributed by atoms with Crippen molar-refractivity contribution in [1.29, 1.82) is 0 Å². The number of esters is 1. The van der Waals surface area contributed by atoms with E-state index in [0.717, 1.165) is 27.7 Å². The van der Waals surface area contributed by atoms with Gasteiger partial charge in [0, 0.05) is 4.88 Å². The molecule has 0 fully saturated rings. The third kappa shape index (κ3) is 3.37. The van der Waals surface area contributed by atoms with Crippen molar-refractivity contribution in [2.24, 2.45) is 0 Å². The molecule has 0 aliphatic heterocycles. The highest BCUT2D eigenvalue weighted by Crippen LogP contribution is 2.23. The fourth-order valence-electron chi connectivity index (χ4n) is 1.89. The second-order valence-electron chi connectivity index (χ2n) is 4.22. The monoisotopic (exact) mass is 313 g/mol. The van der Waals surface area contributed by atoms with Crippen LogP contribution in [0.5, 0.6) is 0 Å². The Balaban J connectivity index is 2.26. The quantitative estimate of drug-likeness (QED) is 0.769. The number of carbonyl (C=O) groups is 1. The van der Waals surface area contributed by atoms with Gasteiger partial charge in [-0.1, -0.05) is 30.2 Å². The van der Waals surface area contributed by atoms with Crippen molar-refractivity contribution in [2.45, 2.75) is 33.2 Å². The van der Waals surface area contributed by atoms with Crippen molar-refractivity contribution >= 4 is 28.9 Å². The molecule has 0 amide bonds. The maximum Gasteiger partial charge on any atom is 0.360 e. The first kappa shape index (κ1) is 15.0. The zero-order valence-electron chi connectivity index (χ0n) is 11.4. The molecule has 0 radical (unpaired) electrons. The molecule has 2 aromatic heterocycles. The highest BCUT2D eigenvalue weighted by molar-refractivity contribution is 7.16. The molecule has 2 aromatic rings. The number of thiophene rings is 1. The van der Waals surface area contributed by atoms with Crippen LogP contribution in [0, 0.1) is 0 Å². The summed E-state index contributed by atoms with van der Waals surface area (Å²) in [6.45, 7) is 4.72. The van der Waals surface area contributed by atoms with Crippen LogP contribution >= 0.6 is 22.9 Å². The molecule has 0 aliphatic carbocycles. The molecule has 0 bridgehead atoms. The Morgan fingerprint density at radius 1 is 1.45 bits per heavy atom. The highest BCUT2D eigenvalue weighted by Gasteiger charge is 2.20. The van der Waals surface area contributed by atoms with Crippen molar-refractivity contribution < 1.29 is 9.53 Å². The van der Waals surface area contributed by atoms with Gasteiger partial charge in [-0.2, -0.15) is 0 Å². The fourth-order valence-corrected chi connectivity index (χ4v) is 2.96. The summed E-state index contributed by atoms with van der Waals surface area (Å²) in [5.74, 6) is -0.411. The summed E-state index contributed by atoms with van der Waals surface area (Å²) in [5.41, 5.74) is 1.13. The average Bonchev–Trinajstić information content (AvgIpc) is 2.99. The first-order valence-corrected chi connectivity index (χ1v) is 7.68. The van der Waals surface area contributed by atoms with E-state index in [4.69, 9.17) is 16.3 Å². The van der Waals surface area contributed by atoms with Crippen LogP contribution < -0.4 is 0 Å². The third-order valence-corrected chi connectivity index (χ3v) is 3.94. The average molecular weight is 314 g/mol. The highest BCUT2D eigenvalue weighted by atomic mass is 35.5. The molecule has 0 spiro atoms. The maximum absolute atomic E-state index is 11.9. The van der Waals surface area contributed by atoms with Gasteiger partial charge in [0.15, 0.2) is 5.69 Å². The van der Waals surface area contributed by atoms with Crippen molar-refractivity contribution in [3.63, 3.8) is 0 Å². The Morgan fingerprint density at radius 3 is 2.85 bits per heavy atom. The van der Waals surface area contributed by atoms with E-state index in [2.05, 4.69) is 10.3 Å². The van der Waals surface area contributed by atoms with Gasteiger partial charge in [0.1, 0.15) is 0 Å². The summed E-state index contributed by atoms with van der Waals surface area (Å²) in [6, 6.07) is 3.80. The smallest absolute Gasteiger partial charge is 0.360 e. The summed E-state index contributed by atoms with van der Waals surface area (Å²) in [5, 5.41) is 8.04. The summed E-state index contributed by atoms with van der Waals surface area (Å²) in [7, 11) is 0. The van der Waals surface area contributed by atoms with Crippen molar-refractivity contribution in [1.82, 2.24) is 15.0 Å². The number of nitrogens with zero attached hydrogens (tertiary/aromatic N) is 3. The Kier molecular flexibility index (Phi) is 5.14. The van der Waals surface area contributed by atoms with E-state index in [1.165, 1.54) is 11.3 Å². The molecular formula is C13H16ClN3O2S. The number of rotatable bonds is 6. The summed E-state index contributed by atoms with van der Waals surface area (Å²) in [4.78, 5) is 12.9. The maximum atomic E-state index is 11.9. The lowest BCUT2D eigenvalue weighted by atomic mass is 10.2. The van der Waals surface area contributed by atoms with E-state index in [0.29, 0.717) is 18.8 Å². The Bertz CT molecular complexity index is 594. The number of carbonyl (C=O) groups excluding carboxylic acids is 1. The third-order valence-electron chi connectivity index (χ3n) is 2.73. The number of hydrogen-bond donors (Lipinski definition) is 0. The van der Waals surface area contributed by atoms with Crippen molar-refractivity contribution in [2.75, 3.05) is 6.61 Å². The molecule has 0 saturated carbocycles. The van der Waals surface area contributed by atoms with Crippen LogP contribution in [0.25, 0.3) is 0 Å². The molecule has 0 unspecified atom stereocenters. The number of halogens is 1. The van der Waals surface area contributed by atoms with Gasteiger partial charge in [0.2, 0.25) is 0 Å². The zero-order valence-corrected chi connectivity index (χ0v) is 13.0. The second-order valence-corrected chi connectivity index (χ2v) is 6.02. The van der Waals surface area contributed by atoms with Crippen molar-refractivity contribution in [3.8, 4) is 0 Å². The van der Waals surface area contributed by atoms with Crippen LogP contribution in [-0.2, 0) is 17.7 Å². The van der Waals surface area contributed by atoms with Crippen LogP contribution in [0.3, 0.4) is 0 Å². The van der Waals surface area contributed by atoms with Crippen molar-refractivity contribution in [3.05, 3.63) is 32.7 Å². The van der Waals surface area contributed by atoms with E-state index >= 15 is 0 Å². The van der Waals surface area contributed by atoms with Crippen LogP contribution in [0.1, 0.15) is 41.3 Å². The largest absolute Gasteiger partial charge is 0.461 e. The predicted molar refractivity (Wildman–Crippen MR) is 78.4 cm³/mol. The number of hydrogen-bond acceptors (Lipinski definition) is 5. The van der Waals surface area contributed by atoms with Crippen LogP contribution in [0.2, 0.25) is 4.34 Å². The minimum atomic E-state index is -0.411. The zero-order chi connectivity index (χ0) is 14.5. The van der Waals surface area contributed by atoms with Gasteiger partial charge in [-0.3, -0.25) is 0 Å².